The van der Waals surface area contributed by atoms with Gasteiger partial charge >= 0.3 is 0 Å². The number of sulfonamides is 1. The van der Waals surface area contributed by atoms with Crippen molar-refractivity contribution in [2.75, 3.05) is 39.5 Å². The van der Waals surface area contributed by atoms with E-state index in [9.17, 15) is 13.2 Å². The molecule has 2 aliphatic heterocycles. The Labute approximate surface area is 152 Å². The van der Waals surface area contributed by atoms with Crippen LogP contribution < -0.4 is 4.72 Å². The van der Waals surface area contributed by atoms with E-state index in [0.29, 0.717) is 58.2 Å². The van der Waals surface area contributed by atoms with Gasteiger partial charge in [0.15, 0.2) is 5.69 Å². The van der Waals surface area contributed by atoms with E-state index in [1.165, 1.54) is 0 Å². The first-order chi connectivity index (χ1) is 12.6. The molecule has 0 spiro atoms. The molecule has 1 aliphatic carbocycles. The molecule has 1 saturated heterocycles. The van der Waals surface area contributed by atoms with Crippen molar-refractivity contribution >= 4 is 15.9 Å². The van der Waals surface area contributed by atoms with E-state index in [1.54, 1.807) is 9.58 Å². The van der Waals surface area contributed by atoms with Crippen LogP contribution in [0.4, 0.5) is 0 Å². The molecule has 1 amide bonds. The highest BCUT2D eigenvalue weighted by Crippen LogP contribution is 2.27. The van der Waals surface area contributed by atoms with Crippen molar-refractivity contribution in [1.29, 1.82) is 0 Å². The highest BCUT2D eigenvalue weighted by Gasteiger charge is 2.35. The zero-order valence-corrected chi connectivity index (χ0v) is 15.5. The highest BCUT2D eigenvalue weighted by molar-refractivity contribution is 7.90. The highest BCUT2D eigenvalue weighted by atomic mass is 32.2. The maximum atomic E-state index is 12.8. The zero-order chi connectivity index (χ0) is 18.1. The maximum absolute atomic E-state index is 12.8. The third-order valence-corrected chi connectivity index (χ3v) is 6.94. The van der Waals surface area contributed by atoms with Crippen LogP contribution in [0.5, 0.6) is 0 Å². The van der Waals surface area contributed by atoms with E-state index < -0.39 is 10.0 Å². The largest absolute Gasteiger partial charge is 0.378 e. The van der Waals surface area contributed by atoms with E-state index in [-0.39, 0.29) is 17.7 Å². The van der Waals surface area contributed by atoms with Crippen LogP contribution in [-0.4, -0.2) is 73.7 Å². The van der Waals surface area contributed by atoms with Crippen LogP contribution in [0.25, 0.3) is 0 Å². The topological polar surface area (TPSA) is 103 Å². The Morgan fingerprint density at radius 1 is 1.19 bits per heavy atom. The number of carbonyl (C=O) groups is 1. The van der Waals surface area contributed by atoms with Crippen LogP contribution in [0.3, 0.4) is 0 Å². The molecule has 1 N–H and O–H groups in total. The van der Waals surface area contributed by atoms with Gasteiger partial charge in [-0.25, -0.2) is 13.1 Å². The summed E-state index contributed by atoms with van der Waals surface area (Å²) >= 11 is 0. The second-order valence-electron chi connectivity index (χ2n) is 6.84. The van der Waals surface area contributed by atoms with Gasteiger partial charge in [0.25, 0.3) is 5.91 Å². The number of nitrogens with one attached hydrogen (secondary N) is 1. The van der Waals surface area contributed by atoms with Crippen LogP contribution in [0.15, 0.2) is 0 Å². The lowest BCUT2D eigenvalue weighted by molar-refractivity contribution is 0.0294. The van der Waals surface area contributed by atoms with Crippen molar-refractivity contribution in [3.8, 4) is 0 Å². The summed E-state index contributed by atoms with van der Waals surface area (Å²) in [5, 5.41) is 4.28. The third-order valence-electron chi connectivity index (χ3n) is 4.99. The molecule has 0 aromatic carbocycles. The molecule has 26 heavy (non-hydrogen) atoms. The standard InChI is InChI=1S/C16H24N4O5S/c21-16(19-6-9-24-10-7-19)15-13-11-25-8-3-14(13)20(18-15)5-4-17-26(22,23)12-1-2-12/h12,17H,1-11H2. The molecule has 1 aromatic heterocycles. The average molecular weight is 384 g/mol. The van der Waals surface area contributed by atoms with Crippen LogP contribution in [0, 0.1) is 0 Å². The zero-order valence-electron chi connectivity index (χ0n) is 14.6. The number of hydrogen-bond donors (Lipinski definition) is 1. The van der Waals surface area contributed by atoms with Gasteiger partial charge in [0, 0.05) is 37.3 Å². The molecule has 0 unspecified atom stereocenters. The molecule has 4 rings (SSSR count). The van der Waals surface area contributed by atoms with Gasteiger partial charge in [-0.15, -0.1) is 0 Å². The van der Waals surface area contributed by atoms with Crippen molar-refractivity contribution in [2.45, 2.75) is 37.7 Å². The minimum atomic E-state index is -3.21. The van der Waals surface area contributed by atoms with E-state index in [2.05, 4.69) is 9.82 Å². The summed E-state index contributed by atoms with van der Waals surface area (Å²) in [6, 6.07) is 0. The van der Waals surface area contributed by atoms with Crippen molar-refractivity contribution in [3.05, 3.63) is 17.0 Å². The molecule has 144 valence electrons. The maximum Gasteiger partial charge on any atom is 0.274 e. The van der Waals surface area contributed by atoms with Gasteiger partial charge in [0.1, 0.15) is 0 Å². The number of hydrogen-bond acceptors (Lipinski definition) is 6. The number of carbonyl (C=O) groups excluding carboxylic acids is 1. The van der Waals surface area contributed by atoms with E-state index in [0.717, 1.165) is 24.1 Å². The molecule has 0 bridgehead atoms. The Morgan fingerprint density at radius 2 is 1.96 bits per heavy atom. The van der Waals surface area contributed by atoms with Crippen LogP contribution in [-0.2, 0) is 39.1 Å². The Morgan fingerprint density at radius 3 is 2.69 bits per heavy atom. The van der Waals surface area contributed by atoms with Crippen molar-refractivity contribution < 1.29 is 22.7 Å². The van der Waals surface area contributed by atoms with Crippen LogP contribution >= 0.6 is 0 Å². The van der Waals surface area contributed by atoms with Crippen molar-refractivity contribution in [2.24, 2.45) is 0 Å². The molecule has 3 aliphatic rings. The number of nitrogens with zero attached hydrogens (tertiary/aromatic N) is 3. The minimum Gasteiger partial charge on any atom is -0.378 e. The summed E-state index contributed by atoms with van der Waals surface area (Å²) in [6.07, 6.45) is 2.15. The predicted octanol–water partition coefficient (Wildman–Crippen LogP) is -0.490. The molecule has 10 heteroatoms. The molecule has 9 nitrogen and oxygen atoms in total. The first-order valence-electron chi connectivity index (χ1n) is 9.08. The number of amides is 1. The molecule has 0 atom stereocenters. The van der Waals surface area contributed by atoms with Gasteiger partial charge in [0.05, 0.1) is 38.2 Å². The Kier molecular flexibility index (Phi) is 5.00. The lowest BCUT2D eigenvalue weighted by Crippen LogP contribution is -2.41. The van der Waals surface area contributed by atoms with Gasteiger partial charge in [0.2, 0.25) is 10.0 Å². The minimum absolute atomic E-state index is 0.104. The fourth-order valence-electron chi connectivity index (χ4n) is 3.37. The van der Waals surface area contributed by atoms with E-state index in [4.69, 9.17) is 9.47 Å². The Bertz CT molecular complexity index is 781. The summed E-state index contributed by atoms with van der Waals surface area (Å²) in [7, 11) is -3.21. The number of morpholine rings is 1. The average Bonchev–Trinajstić information content (AvgIpc) is 3.46. The van der Waals surface area contributed by atoms with Crippen molar-refractivity contribution in [1.82, 2.24) is 19.4 Å². The molecule has 2 fully saturated rings. The molecular weight excluding hydrogens is 360 g/mol. The van der Waals surface area contributed by atoms with Crippen molar-refractivity contribution in [3.63, 3.8) is 0 Å². The number of ether oxygens (including phenoxy) is 2. The summed E-state index contributed by atoms with van der Waals surface area (Å²) in [4.78, 5) is 14.6. The van der Waals surface area contributed by atoms with Gasteiger partial charge in [-0.05, 0) is 12.8 Å². The summed E-state index contributed by atoms with van der Waals surface area (Å²) in [5.41, 5.74) is 2.22. The smallest absolute Gasteiger partial charge is 0.274 e. The van der Waals surface area contributed by atoms with Crippen LogP contribution in [0.1, 0.15) is 34.6 Å². The summed E-state index contributed by atoms with van der Waals surface area (Å²) in [6.45, 7) is 3.82. The van der Waals surface area contributed by atoms with Gasteiger partial charge in [-0.2, -0.15) is 5.10 Å². The summed E-state index contributed by atoms with van der Waals surface area (Å²) in [5.74, 6) is -0.104. The fraction of sp³-hybridized carbons (Fsp3) is 0.750. The second kappa shape index (κ2) is 7.26. The fourth-order valence-corrected chi connectivity index (χ4v) is 4.74. The molecular formula is C16H24N4O5S. The summed E-state index contributed by atoms with van der Waals surface area (Å²) < 4.78 is 39.2. The van der Waals surface area contributed by atoms with E-state index in [1.807, 2.05) is 0 Å². The monoisotopic (exact) mass is 384 g/mol. The number of aromatic nitrogens is 2. The number of rotatable bonds is 6. The Hall–Kier alpha value is -1.49. The third kappa shape index (κ3) is 3.64. The molecule has 0 radical (unpaired) electrons. The van der Waals surface area contributed by atoms with Gasteiger partial charge in [-0.3, -0.25) is 9.48 Å². The van der Waals surface area contributed by atoms with Crippen LogP contribution in [0.2, 0.25) is 0 Å². The lowest BCUT2D eigenvalue weighted by Gasteiger charge is -2.26. The quantitative estimate of drug-likeness (QED) is 0.710. The molecule has 1 aromatic rings. The Balaban J connectivity index is 1.49. The first kappa shape index (κ1) is 17.9. The second-order valence-corrected chi connectivity index (χ2v) is 8.89. The lowest BCUT2D eigenvalue weighted by atomic mass is 10.1. The van der Waals surface area contributed by atoms with Gasteiger partial charge < -0.3 is 14.4 Å². The SMILES string of the molecule is O=C(c1nn(CCNS(=O)(=O)C2CC2)c2c1COCC2)N1CCOCC1. The first-order valence-corrected chi connectivity index (χ1v) is 10.6. The predicted molar refractivity (Wildman–Crippen MR) is 92.3 cm³/mol. The van der Waals surface area contributed by atoms with Gasteiger partial charge in [-0.1, -0.05) is 0 Å². The molecule has 1 saturated carbocycles. The molecule has 3 heterocycles. The van der Waals surface area contributed by atoms with E-state index >= 15 is 0 Å². The normalized spacial score (nSPS) is 20.8. The number of fused-ring (bicyclic) bond motifs is 1.